The second-order valence-electron chi connectivity index (χ2n) is 5.80. The highest BCUT2D eigenvalue weighted by molar-refractivity contribution is 6.00. The van der Waals surface area contributed by atoms with Crippen LogP contribution in [0.1, 0.15) is 18.3 Å². The summed E-state index contributed by atoms with van der Waals surface area (Å²) in [5.74, 6) is 0.758. The Bertz CT molecular complexity index is 591. The number of aliphatic hydroxyl groups is 2. The van der Waals surface area contributed by atoms with Crippen molar-refractivity contribution < 1.29 is 19.8 Å². The van der Waals surface area contributed by atoms with Gasteiger partial charge < -0.3 is 20.3 Å². The van der Waals surface area contributed by atoms with Crippen molar-refractivity contribution in [3.63, 3.8) is 0 Å². The van der Waals surface area contributed by atoms with Gasteiger partial charge in [0.15, 0.2) is 12.1 Å². The van der Waals surface area contributed by atoms with Gasteiger partial charge in [-0.1, -0.05) is 0 Å². The van der Waals surface area contributed by atoms with Gasteiger partial charge in [-0.05, 0) is 14.1 Å². The average Bonchev–Trinajstić information content (AvgIpc) is 3.10. The summed E-state index contributed by atoms with van der Waals surface area (Å²) in [5, 5.41) is 32.1. The fourth-order valence-corrected chi connectivity index (χ4v) is 2.88. The van der Waals surface area contributed by atoms with E-state index in [2.05, 4.69) is 10.3 Å². The molecule has 0 amide bonds. The summed E-state index contributed by atoms with van der Waals surface area (Å²) in [4.78, 5) is 11.4. The molecule has 0 aromatic carbocycles. The predicted octanol–water partition coefficient (Wildman–Crippen LogP) is -1.02. The van der Waals surface area contributed by atoms with Crippen LogP contribution < -0.4 is 5.32 Å². The molecule has 23 heavy (non-hydrogen) atoms. The summed E-state index contributed by atoms with van der Waals surface area (Å²) in [6.45, 7) is -0.240. The largest absolute Gasteiger partial charge is 0.394 e. The summed E-state index contributed by atoms with van der Waals surface area (Å²) in [5.41, 5.74) is 0.440. The monoisotopic (exact) mass is 326 g/mol. The highest BCUT2D eigenvalue weighted by Crippen LogP contribution is 2.34. The van der Waals surface area contributed by atoms with E-state index in [1.165, 1.54) is 12.2 Å². The maximum absolute atomic E-state index is 9.92. The Labute approximate surface area is 133 Å². The van der Waals surface area contributed by atoms with Crippen molar-refractivity contribution in [2.45, 2.75) is 31.1 Å². The number of aliphatic hydroxyl groups excluding tert-OH is 2. The number of aromatic nitrogens is 2. The molecule has 1 unspecified atom stereocenters. The number of nitrogens with zero attached hydrogens (tertiary/aromatic N) is 4. The normalized spacial score (nSPS) is 30.7. The van der Waals surface area contributed by atoms with Gasteiger partial charge in [-0.15, -0.1) is 0 Å². The van der Waals surface area contributed by atoms with Crippen LogP contribution in [0.25, 0.3) is 0 Å². The third kappa shape index (κ3) is 2.58. The predicted molar refractivity (Wildman–Crippen MR) is 80.6 cm³/mol. The molecule has 3 rings (SSSR count). The number of imidazole rings is 1. The maximum atomic E-state index is 9.92. The molecule has 128 valence electrons. The lowest BCUT2D eigenvalue weighted by Crippen LogP contribution is -2.55. The van der Waals surface area contributed by atoms with Crippen LogP contribution in [0, 0.1) is 5.41 Å². The molecule has 0 radical (unpaired) electrons. The third-order valence-electron chi connectivity index (χ3n) is 4.11. The van der Waals surface area contributed by atoms with E-state index in [1.807, 2.05) is 19.0 Å². The van der Waals surface area contributed by atoms with Crippen molar-refractivity contribution in [2.75, 3.05) is 33.1 Å². The van der Waals surface area contributed by atoms with E-state index in [0.29, 0.717) is 17.9 Å². The minimum atomic E-state index is -0.730. The van der Waals surface area contributed by atoms with Gasteiger partial charge in [0, 0.05) is 6.42 Å². The molecule has 1 saturated heterocycles. The van der Waals surface area contributed by atoms with E-state index < -0.39 is 18.4 Å². The molecule has 0 aliphatic carbocycles. The van der Waals surface area contributed by atoms with Gasteiger partial charge >= 0.3 is 0 Å². The molecule has 10 heteroatoms. The molecule has 1 fully saturated rings. The Balaban J connectivity index is 1.92. The summed E-state index contributed by atoms with van der Waals surface area (Å²) in [6.07, 6.45) is -0.253. The highest BCUT2D eigenvalue weighted by atomic mass is 16.7. The lowest BCUT2D eigenvalue weighted by atomic mass is 10.2. The zero-order valence-corrected chi connectivity index (χ0v) is 13.3. The van der Waals surface area contributed by atoms with Gasteiger partial charge in [-0.2, -0.15) is 5.06 Å². The van der Waals surface area contributed by atoms with Crippen molar-refractivity contribution in [3.8, 4) is 0 Å². The summed E-state index contributed by atoms with van der Waals surface area (Å²) in [7, 11) is 5.22. The van der Waals surface area contributed by atoms with Crippen molar-refractivity contribution in [1.82, 2.24) is 19.5 Å². The number of anilines is 1. The first-order valence-electron chi connectivity index (χ1n) is 7.34. The van der Waals surface area contributed by atoms with Gasteiger partial charge in [-0.25, -0.2) is 4.98 Å². The summed E-state index contributed by atoms with van der Waals surface area (Å²) >= 11 is 0. The highest BCUT2D eigenvalue weighted by Gasteiger charge is 2.39. The SMILES string of the molecule is CON1C(=N)c2ncn([C@H]3C[C@H](O)[C@@H](CO)O3)c2NC1N(C)C. The first-order chi connectivity index (χ1) is 11.0. The van der Waals surface area contributed by atoms with Crippen molar-refractivity contribution in [2.24, 2.45) is 0 Å². The van der Waals surface area contributed by atoms with Crippen molar-refractivity contribution >= 4 is 11.7 Å². The Kier molecular flexibility index (Phi) is 4.25. The number of hydrogen-bond donors (Lipinski definition) is 4. The lowest BCUT2D eigenvalue weighted by Gasteiger charge is -2.39. The van der Waals surface area contributed by atoms with Crippen LogP contribution in [-0.2, 0) is 9.57 Å². The third-order valence-corrected chi connectivity index (χ3v) is 4.11. The Morgan fingerprint density at radius 2 is 2.30 bits per heavy atom. The van der Waals surface area contributed by atoms with E-state index in [9.17, 15) is 10.2 Å². The maximum Gasteiger partial charge on any atom is 0.184 e. The van der Waals surface area contributed by atoms with Crippen LogP contribution >= 0.6 is 0 Å². The second kappa shape index (κ2) is 6.06. The summed E-state index contributed by atoms with van der Waals surface area (Å²) in [6, 6.07) is 0. The Hall–Kier alpha value is -1.72. The molecule has 4 N–H and O–H groups in total. The Morgan fingerprint density at radius 1 is 1.57 bits per heavy atom. The van der Waals surface area contributed by atoms with Gasteiger partial charge in [0.2, 0.25) is 0 Å². The molecule has 0 bridgehead atoms. The minimum absolute atomic E-state index is 0.135. The fourth-order valence-electron chi connectivity index (χ4n) is 2.88. The summed E-state index contributed by atoms with van der Waals surface area (Å²) < 4.78 is 7.41. The molecule has 4 atom stereocenters. The van der Waals surface area contributed by atoms with Gasteiger partial charge in [0.25, 0.3) is 0 Å². The topological polar surface area (TPSA) is 119 Å². The minimum Gasteiger partial charge on any atom is -0.394 e. The van der Waals surface area contributed by atoms with Crippen molar-refractivity contribution in [3.05, 3.63) is 12.0 Å². The molecule has 0 spiro atoms. The van der Waals surface area contributed by atoms with Crippen LogP contribution in [0.3, 0.4) is 0 Å². The average molecular weight is 326 g/mol. The number of ether oxygens (including phenoxy) is 1. The molecule has 1 aromatic heterocycles. The molecule has 1 aromatic rings. The van der Waals surface area contributed by atoms with Crippen molar-refractivity contribution in [1.29, 1.82) is 5.41 Å². The zero-order valence-electron chi connectivity index (χ0n) is 13.3. The lowest BCUT2D eigenvalue weighted by molar-refractivity contribution is -0.126. The zero-order chi connectivity index (χ0) is 16.7. The van der Waals surface area contributed by atoms with Crippen LogP contribution in [0.5, 0.6) is 0 Å². The van der Waals surface area contributed by atoms with Crippen LogP contribution in [0.4, 0.5) is 5.82 Å². The molecule has 3 heterocycles. The second-order valence-corrected chi connectivity index (χ2v) is 5.80. The van der Waals surface area contributed by atoms with E-state index >= 15 is 0 Å². The fraction of sp³-hybridized carbons (Fsp3) is 0.692. The number of nitrogens with one attached hydrogen (secondary N) is 2. The number of amidine groups is 1. The van der Waals surface area contributed by atoms with E-state index in [4.69, 9.17) is 15.0 Å². The standard InChI is InChI=1S/C13H22N6O4/c1-17(2)13-16-12-10(11(14)19(13)22-3)15-6-18(12)9-4-7(21)8(5-20)23-9/h6-9,13-14,16,20-21H,4-5H2,1-3H3/t7-,8+,9+,13?/m0/s1. The van der Waals surface area contributed by atoms with E-state index in [1.54, 1.807) is 10.9 Å². The number of hydroxylamine groups is 2. The van der Waals surface area contributed by atoms with E-state index in [-0.39, 0.29) is 18.7 Å². The molecule has 2 aliphatic rings. The van der Waals surface area contributed by atoms with Gasteiger partial charge in [0.05, 0.1) is 26.1 Å². The number of hydrogen-bond acceptors (Lipinski definition) is 8. The van der Waals surface area contributed by atoms with E-state index in [0.717, 1.165) is 0 Å². The van der Waals surface area contributed by atoms with Crippen LogP contribution in [0.2, 0.25) is 0 Å². The van der Waals surface area contributed by atoms with Crippen LogP contribution in [-0.4, -0.2) is 81.9 Å². The molecule has 0 saturated carbocycles. The number of fused-ring (bicyclic) bond motifs is 1. The van der Waals surface area contributed by atoms with Crippen LogP contribution in [0.15, 0.2) is 6.33 Å². The molecule has 2 aliphatic heterocycles. The first-order valence-corrected chi connectivity index (χ1v) is 7.34. The number of rotatable bonds is 4. The molecule has 10 nitrogen and oxygen atoms in total. The quantitative estimate of drug-likeness (QED) is 0.555. The van der Waals surface area contributed by atoms with Gasteiger partial charge in [0.1, 0.15) is 23.8 Å². The smallest absolute Gasteiger partial charge is 0.184 e. The molecular weight excluding hydrogens is 304 g/mol. The van der Waals surface area contributed by atoms with Gasteiger partial charge in [-0.3, -0.25) is 19.7 Å². The Morgan fingerprint density at radius 3 is 2.87 bits per heavy atom. The molecular formula is C13H22N6O4. The first kappa shape index (κ1) is 16.1.